The van der Waals surface area contributed by atoms with E-state index in [0.717, 1.165) is 0 Å². The van der Waals surface area contributed by atoms with Crippen LogP contribution in [0.5, 0.6) is 0 Å². The van der Waals surface area contributed by atoms with Gasteiger partial charge < -0.3 is 4.90 Å². The fraction of sp³-hybridized carbons (Fsp3) is 1.00. The molecule has 0 aliphatic carbocycles. The predicted molar refractivity (Wildman–Crippen MR) is 85.4 cm³/mol. The minimum Gasteiger partial charge on any atom is -0.301 e. The van der Waals surface area contributed by atoms with Gasteiger partial charge in [-0.25, -0.2) is 0 Å². The molecule has 0 unspecified atom stereocenters. The van der Waals surface area contributed by atoms with Crippen LogP contribution >= 0.6 is 35.3 Å². The molecule has 4 heteroatoms. The van der Waals surface area contributed by atoms with Gasteiger partial charge in [-0.05, 0) is 17.3 Å². The highest BCUT2D eigenvalue weighted by atomic mass is 32.2. The lowest BCUT2D eigenvalue weighted by Gasteiger charge is -2.21. The average molecular weight is 282 g/mol. The maximum atomic E-state index is 2.63. The van der Waals surface area contributed by atoms with Crippen molar-refractivity contribution in [2.24, 2.45) is 0 Å². The Balaban J connectivity index is 3.58. The molecule has 0 aliphatic rings. The number of hydrogen-bond donors (Lipinski definition) is 0. The van der Waals surface area contributed by atoms with E-state index < -0.39 is 0 Å². The standard InChI is InChI=1S/C12H27NS3/c1-4-14-10-7-13(8-11-15-5-2)9-12-16-6-3/h4-12H2,1-3H3. The van der Waals surface area contributed by atoms with Crippen molar-refractivity contribution in [3.8, 4) is 0 Å². The maximum Gasteiger partial charge on any atom is 0.00730 e. The molecular weight excluding hydrogens is 254 g/mol. The van der Waals surface area contributed by atoms with Crippen LogP contribution in [0.15, 0.2) is 0 Å². The molecule has 0 rings (SSSR count). The first-order valence-electron chi connectivity index (χ1n) is 6.30. The van der Waals surface area contributed by atoms with Crippen LogP contribution in [-0.4, -0.2) is 59.1 Å². The lowest BCUT2D eigenvalue weighted by atomic mass is 10.5. The third-order valence-corrected chi connectivity index (χ3v) is 4.91. The maximum absolute atomic E-state index is 2.63. The van der Waals surface area contributed by atoms with Gasteiger partial charge in [0.15, 0.2) is 0 Å². The average Bonchev–Trinajstić information content (AvgIpc) is 2.29. The summed E-state index contributed by atoms with van der Waals surface area (Å²) in [5.74, 6) is 7.64. The highest BCUT2D eigenvalue weighted by molar-refractivity contribution is 7.99. The molecule has 0 amide bonds. The molecule has 0 atom stereocenters. The van der Waals surface area contributed by atoms with E-state index in [2.05, 4.69) is 61.0 Å². The fourth-order valence-corrected chi connectivity index (χ4v) is 3.38. The second-order valence-electron chi connectivity index (χ2n) is 3.43. The molecule has 98 valence electrons. The smallest absolute Gasteiger partial charge is 0.00730 e. The Morgan fingerprint density at radius 1 is 0.625 bits per heavy atom. The molecule has 0 aromatic rings. The van der Waals surface area contributed by atoms with E-state index >= 15 is 0 Å². The summed E-state index contributed by atoms with van der Waals surface area (Å²) in [5.41, 5.74) is 0. The van der Waals surface area contributed by atoms with E-state index in [1.807, 2.05) is 0 Å². The molecule has 16 heavy (non-hydrogen) atoms. The quantitative estimate of drug-likeness (QED) is 0.503. The van der Waals surface area contributed by atoms with Crippen LogP contribution < -0.4 is 0 Å². The molecule has 0 bridgehead atoms. The summed E-state index contributed by atoms with van der Waals surface area (Å²) in [5, 5.41) is 0. The molecule has 0 saturated carbocycles. The Morgan fingerprint density at radius 2 is 0.938 bits per heavy atom. The Bertz CT molecular complexity index is 110. The van der Waals surface area contributed by atoms with Crippen LogP contribution in [0.4, 0.5) is 0 Å². The largest absolute Gasteiger partial charge is 0.301 e. The molecule has 0 fully saturated rings. The van der Waals surface area contributed by atoms with Gasteiger partial charge in [0.1, 0.15) is 0 Å². The van der Waals surface area contributed by atoms with Crippen molar-refractivity contribution >= 4 is 35.3 Å². The Labute approximate surface area is 115 Å². The minimum atomic E-state index is 1.25. The highest BCUT2D eigenvalue weighted by Crippen LogP contribution is 2.06. The van der Waals surface area contributed by atoms with E-state index in [0.29, 0.717) is 0 Å². The van der Waals surface area contributed by atoms with Crippen molar-refractivity contribution in [2.75, 3.05) is 54.2 Å². The zero-order valence-electron chi connectivity index (χ0n) is 11.0. The summed E-state index contributed by atoms with van der Waals surface area (Å²) >= 11 is 6.18. The van der Waals surface area contributed by atoms with Crippen LogP contribution in [0.25, 0.3) is 0 Å². The molecule has 1 nitrogen and oxygen atoms in total. The number of hydrogen-bond acceptors (Lipinski definition) is 4. The minimum absolute atomic E-state index is 1.25. The van der Waals surface area contributed by atoms with E-state index in [1.165, 1.54) is 54.2 Å². The second-order valence-corrected chi connectivity index (χ2v) is 7.61. The van der Waals surface area contributed by atoms with E-state index in [9.17, 15) is 0 Å². The molecule has 0 saturated heterocycles. The Kier molecular flexibility index (Phi) is 15.0. The van der Waals surface area contributed by atoms with Crippen LogP contribution in [0.3, 0.4) is 0 Å². The van der Waals surface area contributed by atoms with Gasteiger partial charge in [0.25, 0.3) is 0 Å². The van der Waals surface area contributed by atoms with Crippen LogP contribution in [0, 0.1) is 0 Å². The van der Waals surface area contributed by atoms with Crippen LogP contribution in [0.2, 0.25) is 0 Å². The first kappa shape index (κ1) is 17.0. The van der Waals surface area contributed by atoms with Crippen molar-refractivity contribution in [3.05, 3.63) is 0 Å². The van der Waals surface area contributed by atoms with Gasteiger partial charge in [0.2, 0.25) is 0 Å². The van der Waals surface area contributed by atoms with Crippen molar-refractivity contribution in [1.82, 2.24) is 4.90 Å². The Morgan fingerprint density at radius 3 is 1.19 bits per heavy atom. The topological polar surface area (TPSA) is 3.24 Å². The van der Waals surface area contributed by atoms with Gasteiger partial charge in [0.05, 0.1) is 0 Å². The third-order valence-electron chi connectivity index (χ3n) is 2.27. The summed E-state index contributed by atoms with van der Waals surface area (Å²) in [4.78, 5) is 2.63. The van der Waals surface area contributed by atoms with Crippen LogP contribution in [-0.2, 0) is 0 Å². The first-order valence-corrected chi connectivity index (χ1v) is 9.77. The van der Waals surface area contributed by atoms with Gasteiger partial charge in [-0.15, -0.1) is 0 Å². The van der Waals surface area contributed by atoms with E-state index in [4.69, 9.17) is 0 Å². The van der Waals surface area contributed by atoms with Crippen molar-refractivity contribution in [1.29, 1.82) is 0 Å². The summed E-state index contributed by atoms with van der Waals surface area (Å²) in [6, 6.07) is 0. The van der Waals surface area contributed by atoms with Crippen LogP contribution in [0.1, 0.15) is 20.8 Å². The Hall–Kier alpha value is 1.01. The van der Waals surface area contributed by atoms with Gasteiger partial charge in [-0.1, -0.05) is 20.8 Å². The van der Waals surface area contributed by atoms with Gasteiger partial charge in [0, 0.05) is 36.9 Å². The molecule has 0 radical (unpaired) electrons. The fourth-order valence-electron chi connectivity index (χ4n) is 1.35. The first-order chi connectivity index (χ1) is 7.85. The molecule has 0 spiro atoms. The number of thioether (sulfide) groups is 3. The zero-order chi connectivity index (χ0) is 12.1. The predicted octanol–water partition coefficient (Wildman–Crippen LogP) is 3.55. The summed E-state index contributed by atoms with van der Waals surface area (Å²) in [6.07, 6.45) is 0. The lowest BCUT2D eigenvalue weighted by Crippen LogP contribution is -2.31. The normalized spacial score (nSPS) is 11.2. The summed E-state index contributed by atoms with van der Waals surface area (Å²) in [6.45, 7) is 10.5. The molecule has 0 aromatic carbocycles. The molecule has 0 aromatic heterocycles. The highest BCUT2D eigenvalue weighted by Gasteiger charge is 2.03. The molecular formula is C12H27NS3. The van der Waals surface area contributed by atoms with Crippen molar-refractivity contribution in [2.45, 2.75) is 20.8 Å². The van der Waals surface area contributed by atoms with Gasteiger partial charge >= 0.3 is 0 Å². The third kappa shape index (κ3) is 11.5. The van der Waals surface area contributed by atoms with Gasteiger partial charge in [-0.2, -0.15) is 35.3 Å². The SMILES string of the molecule is CCSCCN(CCSCC)CCSCC. The zero-order valence-corrected chi connectivity index (χ0v) is 13.5. The number of rotatable bonds is 12. The molecule has 0 N–H and O–H groups in total. The number of nitrogens with zero attached hydrogens (tertiary/aromatic N) is 1. The van der Waals surface area contributed by atoms with Crippen molar-refractivity contribution in [3.63, 3.8) is 0 Å². The molecule has 0 aliphatic heterocycles. The summed E-state index contributed by atoms with van der Waals surface area (Å²) < 4.78 is 0. The lowest BCUT2D eigenvalue weighted by molar-refractivity contribution is 0.329. The van der Waals surface area contributed by atoms with Crippen molar-refractivity contribution < 1.29 is 0 Å². The summed E-state index contributed by atoms with van der Waals surface area (Å²) in [7, 11) is 0. The molecule has 0 heterocycles. The van der Waals surface area contributed by atoms with E-state index in [1.54, 1.807) is 0 Å². The monoisotopic (exact) mass is 281 g/mol. The van der Waals surface area contributed by atoms with Gasteiger partial charge in [-0.3, -0.25) is 0 Å². The van der Waals surface area contributed by atoms with E-state index in [-0.39, 0.29) is 0 Å². The second kappa shape index (κ2) is 14.1.